The zero-order valence-electron chi connectivity index (χ0n) is 20.4. The van der Waals surface area contributed by atoms with Gasteiger partial charge in [0.25, 0.3) is 0 Å². The fraction of sp³-hybridized carbons (Fsp3) is 0.950. The molecule has 2 heterocycles. The molecule has 13 N–H and O–H groups in total. The second-order valence-electron chi connectivity index (χ2n) is 9.62. The molecule has 18 nitrogen and oxygen atoms in total. The van der Waals surface area contributed by atoms with E-state index in [0.717, 1.165) is 0 Å². The predicted molar refractivity (Wildman–Crippen MR) is 124 cm³/mol. The van der Waals surface area contributed by atoms with Crippen LogP contribution in [0.5, 0.6) is 0 Å². The SMILES string of the molecule is [N-]=[N+]=NCC(=O)NCC1O[C@H](O[C@@H]2C(N)C[C@@H](N)C(O[C@H]3OC[C@H](O)C(CN)[C@H]3O)[C@H]2O)C(O)[C@@H](O)[C@@H]1O. The number of hydrogen-bond acceptors (Lipinski definition) is 15. The first-order valence-corrected chi connectivity index (χ1v) is 12.1. The number of carbonyl (C=O) groups excluding carboxylic acids is 1. The Morgan fingerprint density at radius 2 is 1.61 bits per heavy atom. The van der Waals surface area contributed by atoms with Gasteiger partial charge in [0.05, 0.1) is 12.7 Å². The van der Waals surface area contributed by atoms with Crippen molar-refractivity contribution in [2.75, 3.05) is 26.2 Å². The maximum absolute atomic E-state index is 11.7. The number of amides is 1. The molecule has 1 aliphatic carbocycles. The molecule has 38 heavy (non-hydrogen) atoms. The van der Waals surface area contributed by atoms with E-state index in [2.05, 4.69) is 15.3 Å². The summed E-state index contributed by atoms with van der Waals surface area (Å²) in [6.45, 7) is -1.03. The number of azide groups is 1. The summed E-state index contributed by atoms with van der Waals surface area (Å²) in [5.74, 6) is -1.41. The molecule has 0 radical (unpaired) electrons. The van der Waals surface area contributed by atoms with Crippen LogP contribution < -0.4 is 22.5 Å². The monoisotopic (exact) mass is 551 g/mol. The van der Waals surface area contributed by atoms with Crippen molar-refractivity contribution in [3.05, 3.63) is 10.4 Å². The van der Waals surface area contributed by atoms with E-state index < -0.39 is 98.0 Å². The third kappa shape index (κ3) is 6.87. The average Bonchev–Trinajstić information content (AvgIpc) is 2.88. The first kappa shape index (κ1) is 30.8. The Morgan fingerprint density at radius 1 is 0.974 bits per heavy atom. The van der Waals surface area contributed by atoms with Crippen LogP contribution in [0.4, 0.5) is 0 Å². The van der Waals surface area contributed by atoms with Crippen LogP contribution in [0.25, 0.3) is 10.4 Å². The highest BCUT2D eigenvalue weighted by atomic mass is 16.7. The van der Waals surface area contributed by atoms with Crippen LogP contribution in [0, 0.1) is 5.92 Å². The first-order valence-electron chi connectivity index (χ1n) is 12.1. The number of nitrogens with one attached hydrogen (secondary N) is 1. The predicted octanol–water partition coefficient (Wildman–Crippen LogP) is -5.94. The fourth-order valence-electron chi connectivity index (χ4n) is 4.77. The van der Waals surface area contributed by atoms with Gasteiger partial charge in [0.2, 0.25) is 5.91 Å². The number of nitrogens with two attached hydrogens (primary N) is 3. The summed E-state index contributed by atoms with van der Waals surface area (Å²) in [7, 11) is 0. The van der Waals surface area contributed by atoms with Gasteiger partial charge < -0.3 is 72.1 Å². The third-order valence-corrected chi connectivity index (χ3v) is 7.01. The number of rotatable bonds is 9. The maximum atomic E-state index is 11.7. The average molecular weight is 552 g/mol. The van der Waals surface area contributed by atoms with E-state index in [9.17, 15) is 35.4 Å². The molecule has 14 atom stereocenters. The van der Waals surface area contributed by atoms with Crippen molar-refractivity contribution in [2.24, 2.45) is 28.2 Å². The first-order chi connectivity index (χ1) is 18.0. The normalized spacial score (nSPS) is 45.7. The molecule has 0 aromatic heterocycles. The Labute approximate surface area is 217 Å². The lowest BCUT2D eigenvalue weighted by Crippen LogP contribution is -2.67. The Balaban J connectivity index is 1.68. The van der Waals surface area contributed by atoms with Crippen LogP contribution >= 0.6 is 0 Å². The summed E-state index contributed by atoms with van der Waals surface area (Å²) >= 11 is 0. The number of aliphatic hydroxyl groups is 6. The molecule has 3 aliphatic rings. The zero-order valence-corrected chi connectivity index (χ0v) is 20.4. The third-order valence-electron chi connectivity index (χ3n) is 7.01. The van der Waals surface area contributed by atoms with Crippen molar-refractivity contribution in [1.82, 2.24) is 5.32 Å². The van der Waals surface area contributed by atoms with E-state index >= 15 is 0 Å². The van der Waals surface area contributed by atoms with Gasteiger partial charge in [-0.1, -0.05) is 5.11 Å². The maximum Gasteiger partial charge on any atom is 0.225 e. The van der Waals surface area contributed by atoms with Gasteiger partial charge in [0.15, 0.2) is 12.6 Å². The number of nitrogens with zero attached hydrogens (tertiary/aromatic N) is 3. The highest BCUT2D eigenvalue weighted by molar-refractivity contribution is 5.78. The lowest BCUT2D eigenvalue weighted by molar-refractivity contribution is -0.329. The van der Waals surface area contributed by atoms with Gasteiger partial charge in [0.1, 0.15) is 55.4 Å². The highest BCUT2D eigenvalue weighted by Crippen LogP contribution is 2.31. The summed E-state index contributed by atoms with van der Waals surface area (Å²) in [5.41, 5.74) is 26.2. The molecule has 0 aromatic rings. The van der Waals surface area contributed by atoms with Crippen LogP contribution in [0.2, 0.25) is 0 Å². The van der Waals surface area contributed by atoms with Gasteiger partial charge in [0, 0.05) is 36.0 Å². The summed E-state index contributed by atoms with van der Waals surface area (Å²) in [6, 6.07) is -1.69. The summed E-state index contributed by atoms with van der Waals surface area (Å²) in [5, 5.41) is 68.0. The van der Waals surface area contributed by atoms with E-state index in [1.54, 1.807) is 0 Å². The molecule has 1 amide bonds. The van der Waals surface area contributed by atoms with Crippen LogP contribution in [0.15, 0.2) is 5.11 Å². The quantitative estimate of drug-likeness (QED) is 0.0724. The van der Waals surface area contributed by atoms with Gasteiger partial charge in [-0.05, 0) is 12.0 Å². The van der Waals surface area contributed by atoms with E-state index in [4.69, 9.17) is 41.7 Å². The largest absolute Gasteiger partial charge is 0.390 e. The lowest BCUT2D eigenvalue weighted by Gasteiger charge is -2.47. The zero-order chi connectivity index (χ0) is 28.1. The second kappa shape index (κ2) is 13.6. The molecule has 0 aromatic carbocycles. The molecule has 218 valence electrons. The Morgan fingerprint density at radius 3 is 2.21 bits per heavy atom. The summed E-state index contributed by atoms with van der Waals surface area (Å²) in [4.78, 5) is 14.2. The molecular formula is C20H37N7O11. The smallest absolute Gasteiger partial charge is 0.225 e. The standard InChI is InChI=1S/C20H37N7O11/c21-2-6-9(28)5-35-19(12(6)30)37-17-7(22)1-8(23)18(16(17)34)38-20-15(33)14(32)13(31)10(36-20)3-25-11(29)4-26-27-24/h6-10,12-20,28,30-34H,1-5,21-23H2,(H,25,29)/t6?,7-,8?,9+,10?,12-,13-,14+,15?,16-,17?,18-,19-,20-/m1/s1. The van der Waals surface area contributed by atoms with Crippen molar-refractivity contribution in [1.29, 1.82) is 0 Å². The van der Waals surface area contributed by atoms with Crippen LogP contribution in [0.3, 0.4) is 0 Å². The number of aliphatic hydroxyl groups excluding tert-OH is 6. The number of hydrogen-bond donors (Lipinski definition) is 10. The molecule has 3 rings (SSSR count). The van der Waals surface area contributed by atoms with E-state index in [1.165, 1.54) is 0 Å². The highest BCUT2D eigenvalue weighted by Gasteiger charge is 2.51. The van der Waals surface area contributed by atoms with Gasteiger partial charge >= 0.3 is 0 Å². The fourth-order valence-corrected chi connectivity index (χ4v) is 4.77. The van der Waals surface area contributed by atoms with Gasteiger partial charge in [-0.3, -0.25) is 4.79 Å². The van der Waals surface area contributed by atoms with E-state index in [1.807, 2.05) is 0 Å². The number of ether oxygens (including phenoxy) is 4. The van der Waals surface area contributed by atoms with E-state index in [0.29, 0.717) is 0 Å². The van der Waals surface area contributed by atoms with Gasteiger partial charge in [-0.2, -0.15) is 0 Å². The van der Waals surface area contributed by atoms with Crippen molar-refractivity contribution in [2.45, 2.75) is 86.0 Å². The molecule has 0 bridgehead atoms. The molecule has 1 saturated carbocycles. The minimum Gasteiger partial charge on any atom is -0.390 e. The minimum atomic E-state index is -1.76. The Kier molecular flexibility index (Phi) is 11.0. The van der Waals surface area contributed by atoms with E-state index in [-0.39, 0.29) is 26.1 Å². The Hall–Kier alpha value is -1.74. The van der Waals surface area contributed by atoms with Crippen molar-refractivity contribution < 1.29 is 54.4 Å². The summed E-state index contributed by atoms with van der Waals surface area (Å²) < 4.78 is 22.5. The molecule has 5 unspecified atom stereocenters. The Bertz CT molecular complexity index is 839. The van der Waals surface area contributed by atoms with Gasteiger partial charge in [-0.15, -0.1) is 0 Å². The van der Waals surface area contributed by atoms with Crippen molar-refractivity contribution in [3.8, 4) is 0 Å². The minimum absolute atomic E-state index is 0.0420. The molecule has 3 fully saturated rings. The summed E-state index contributed by atoms with van der Waals surface area (Å²) in [6.07, 6.45) is -15.4. The molecule has 18 heteroatoms. The van der Waals surface area contributed by atoms with Crippen LogP contribution in [-0.4, -0.2) is 142 Å². The number of carbonyl (C=O) groups is 1. The molecule has 0 spiro atoms. The van der Waals surface area contributed by atoms with Crippen LogP contribution in [0.1, 0.15) is 6.42 Å². The topological polar surface area (TPSA) is 314 Å². The second-order valence-corrected chi connectivity index (χ2v) is 9.62. The molecule has 2 saturated heterocycles. The van der Waals surface area contributed by atoms with Gasteiger partial charge in [-0.25, -0.2) is 0 Å². The lowest BCUT2D eigenvalue weighted by atomic mass is 9.84. The molecule has 2 aliphatic heterocycles. The van der Waals surface area contributed by atoms with Crippen molar-refractivity contribution >= 4 is 5.91 Å². The van der Waals surface area contributed by atoms with Crippen molar-refractivity contribution in [3.63, 3.8) is 0 Å². The van der Waals surface area contributed by atoms with Crippen LogP contribution in [-0.2, 0) is 23.7 Å². The molecular weight excluding hydrogens is 514 g/mol.